The van der Waals surface area contributed by atoms with Gasteiger partial charge in [0.05, 0.1) is 41.3 Å². The van der Waals surface area contributed by atoms with Gasteiger partial charge in [-0.2, -0.15) is 5.10 Å². The molecular formula is C23H19N5O3. The molecule has 0 bridgehead atoms. The van der Waals surface area contributed by atoms with E-state index in [1.54, 1.807) is 51.5 Å². The zero-order valence-corrected chi connectivity index (χ0v) is 17.2. The number of imidazole rings is 1. The van der Waals surface area contributed by atoms with Gasteiger partial charge >= 0.3 is 11.7 Å². The lowest BCUT2D eigenvalue weighted by atomic mass is 10.1. The number of esters is 1. The van der Waals surface area contributed by atoms with Crippen LogP contribution in [0, 0.1) is 0 Å². The lowest BCUT2D eigenvalue weighted by Crippen LogP contribution is -2.21. The van der Waals surface area contributed by atoms with Gasteiger partial charge in [-0.25, -0.2) is 9.59 Å². The van der Waals surface area contributed by atoms with Crippen LogP contribution in [0.2, 0.25) is 0 Å². The van der Waals surface area contributed by atoms with Gasteiger partial charge in [-0.15, -0.1) is 0 Å². The second kappa shape index (κ2) is 6.94. The van der Waals surface area contributed by atoms with Gasteiger partial charge in [0.15, 0.2) is 0 Å². The Hall–Kier alpha value is -4.20. The predicted octanol–water partition coefficient (Wildman–Crippen LogP) is 3.06. The van der Waals surface area contributed by atoms with Crippen molar-refractivity contribution in [3.63, 3.8) is 0 Å². The molecule has 5 rings (SSSR count). The topological polar surface area (TPSA) is 83.9 Å². The van der Waals surface area contributed by atoms with Crippen molar-refractivity contribution in [3.8, 4) is 16.9 Å². The third kappa shape index (κ3) is 2.92. The van der Waals surface area contributed by atoms with E-state index in [0.717, 1.165) is 27.5 Å². The maximum absolute atomic E-state index is 13.2. The predicted molar refractivity (Wildman–Crippen MR) is 117 cm³/mol. The Morgan fingerprint density at radius 2 is 1.87 bits per heavy atom. The number of hydrogen-bond acceptors (Lipinski definition) is 5. The fraction of sp³-hybridized carbons (Fsp3) is 0.130. The molecule has 0 amide bonds. The van der Waals surface area contributed by atoms with Crippen LogP contribution < -0.4 is 5.69 Å². The number of aryl methyl sites for hydroxylation is 2. The van der Waals surface area contributed by atoms with Crippen molar-refractivity contribution in [3.05, 3.63) is 77.1 Å². The highest BCUT2D eigenvalue weighted by Crippen LogP contribution is 2.28. The fourth-order valence-corrected chi connectivity index (χ4v) is 3.88. The number of benzene rings is 2. The number of hydrogen-bond donors (Lipinski definition) is 0. The van der Waals surface area contributed by atoms with Gasteiger partial charge in [0.25, 0.3) is 0 Å². The second-order valence-electron chi connectivity index (χ2n) is 7.34. The van der Waals surface area contributed by atoms with Crippen molar-refractivity contribution in [2.75, 3.05) is 7.11 Å². The first-order valence-electron chi connectivity index (χ1n) is 9.66. The van der Waals surface area contributed by atoms with Crippen molar-refractivity contribution in [2.45, 2.75) is 0 Å². The summed E-state index contributed by atoms with van der Waals surface area (Å²) in [5, 5.41) is 5.98. The summed E-state index contributed by atoms with van der Waals surface area (Å²) in [7, 11) is 4.90. The Bertz CT molecular complexity index is 1540. The minimum Gasteiger partial charge on any atom is -0.465 e. The van der Waals surface area contributed by atoms with Crippen LogP contribution in [-0.2, 0) is 18.8 Å². The summed E-state index contributed by atoms with van der Waals surface area (Å²) in [5.74, 6) is -0.453. The number of rotatable bonds is 3. The van der Waals surface area contributed by atoms with Crippen LogP contribution in [-0.4, -0.2) is 37.0 Å². The number of ether oxygens (including phenoxy) is 1. The molecule has 0 fully saturated rings. The van der Waals surface area contributed by atoms with E-state index < -0.39 is 5.97 Å². The highest BCUT2D eigenvalue weighted by Gasteiger charge is 2.17. The average molecular weight is 413 g/mol. The quantitative estimate of drug-likeness (QED) is 0.425. The molecule has 154 valence electrons. The van der Waals surface area contributed by atoms with Gasteiger partial charge in [-0.1, -0.05) is 12.1 Å². The average Bonchev–Trinajstić information content (AvgIpc) is 3.33. The number of aromatic nitrogens is 5. The lowest BCUT2D eigenvalue weighted by Gasteiger charge is -2.09. The van der Waals surface area contributed by atoms with Crippen molar-refractivity contribution in [1.82, 2.24) is 23.9 Å². The molecule has 31 heavy (non-hydrogen) atoms. The smallest absolute Gasteiger partial charge is 0.337 e. The summed E-state index contributed by atoms with van der Waals surface area (Å²) >= 11 is 0. The first-order chi connectivity index (χ1) is 15.0. The molecule has 0 aliphatic rings. The molecule has 0 spiro atoms. The summed E-state index contributed by atoms with van der Waals surface area (Å²) in [6, 6.07) is 12.8. The molecule has 0 aliphatic heterocycles. The highest BCUT2D eigenvalue weighted by atomic mass is 16.5. The molecule has 0 unspecified atom stereocenters. The fourth-order valence-electron chi connectivity index (χ4n) is 3.88. The molecule has 2 aromatic carbocycles. The summed E-state index contributed by atoms with van der Waals surface area (Å²) in [6.07, 6.45) is 5.44. The number of pyridine rings is 1. The molecule has 5 aromatic rings. The molecule has 3 heterocycles. The van der Waals surface area contributed by atoms with Crippen LogP contribution >= 0.6 is 0 Å². The second-order valence-corrected chi connectivity index (χ2v) is 7.34. The normalized spacial score (nSPS) is 11.3. The first-order valence-corrected chi connectivity index (χ1v) is 9.66. The van der Waals surface area contributed by atoms with Gasteiger partial charge in [-0.3, -0.25) is 18.8 Å². The number of fused-ring (bicyclic) bond motifs is 2. The Labute approximate surface area is 176 Å². The molecule has 0 radical (unpaired) electrons. The van der Waals surface area contributed by atoms with E-state index in [9.17, 15) is 9.59 Å². The SMILES string of the molecule is COC(=O)c1ccc2c(c1)n(-c1cccc3cc(-c4cnn(C)c4)ncc13)c(=O)n2C. The van der Waals surface area contributed by atoms with Gasteiger partial charge in [0.1, 0.15) is 0 Å². The van der Waals surface area contributed by atoms with Crippen LogP contribution in [0.1, 0.15) is 10.4 Å². The summed E-state index contributed by atoms with van der Waals surface area (Å²) < 4.78 is 9.74. The van der Waals surface area contributed by atoms with Crippen LogP contribution in [0.3, 0.4) is 0 Å². The molecule has 8 heteroatoms. The Kier molecular flexibility index (Phi) is 4.21. The van der Waals surface area contributed by atoms with E-state index in [1.807, 2.05) is 37.5 Å². The molecule has 0 aliphatic carbocycles. The summed E-state index contributed by atoms with van der Waals surface area (Å²) in [6.45, 7) is 0. The molecule has 3 aromatic heterocycles. The third-order valence-corrected chi connectivity index (χ3v) is 5.46. The van der Waals surface area contributed by atoms with Crippen molar-refractivity contribution < 1.29 is 9.53 Å². The van der Waals surface area contributed by atoms with Gasteiger partial charge < -0.3 is 4.74 Å². The first kappa shape index (κ1) is 18.8. The van der Waals surface area contributed by atoms with Crippen LogP contribution in [0.5, 0.6) is 0 Å². The van der Waals surface area contributed by atoms with Crippen LogP contribution in [0.25, 0.3) is 38.8 Å². The van der Waals surface area contributed by atoms with Crippen molar-refractivity contribution >= 4 is 27.8 Å². The lowest BCUT2D eigenvalue weighted by molar-refractivity contribution is 0.0601. The van der Waals surface area contributed by atoms with E-state index in [2.05, 4.69) is 10.1 Å². The monoisotopic (exact) mass is 413 g/mol. The molecule has 0 saturated carbocycles. The number of methoxy groups -OCH3 is 1. The van der Waals surface area contributed by atoms with Crippen LogP contribution in [0.15, 0.2) is 65.8 Å². The zero-order valence-electron chi connectivity index (χ0n) is 17.2. The molecule has 0 saturated heterocycles. The van der Waals surface area contributed by atoms with Crippen molar-refractivity contribution in [2.24, 2.45) is 14.1 Å². The van der Waals surface area contributed by atoms with Crippen molar-refractivity contribution in [1.29, 1.82) is 0 Å². The number of carbonyl (C=O) groups is 1. The maximum Gasteiger partial charge on any atom is 0.337 e. The van der Waals surface area contributed by atoms with Gasteiger partial charge in [0.2, 0.25) is 0 Å². The summed E-state index contributed by atoms with van der Waals surface area (Å²) in [5.41, 5.74) is 3.93. The van der Waals surface area contributed by atoms with E-state index in [0.29, 0.717) is 16.8 Å². The molecule has 8 nitrogen and oxygen atoms in total. The third-order valence-electron chi connectivity index (χ3n) is 5.46. The Morgan fingerprint density at radius 3 is 2.61 bits per heavy atom. The van der Waals surface area contributed by atoms with E-state index in [4.69, 9.17) is 4.74 Å². The molecule has 0 N–H and O–H groups in total. The van der Waals surface area contributed by atoms with Crippen LogP contribution in [0.4, 0.5) is 0 Å². The van der Waals surface area contributed by atoms with Gasteiger partial charge in [0, 0.05) is 37.4 Å². The minimum atomic E-state index is -0.453. The van der Waals surface area contributed by atoms with E-state index >= 15 is 0 Å². The standard InChI is InChI=1S/C23H19N5O3/c1-26-13-16(11-25-26)18-9-14-5-4-6-19(17(14)12-24-18)28-21-10-15(22(29)31-3)7-8-20(21)27(2)23(28)30/h4-13H,1-3H3. The number of nitrogens with zero attached hydrogens (tertiary/aromatic N) is 5. The minimum absolute atomic E-state index is 0.208. The largest absolute Gasteiger partial charge is 0.465 e. The highest BCUT2D eigenvalue weighted by molar-refractivity contribution is 5.96. The Morgan fingerprint density at radius 1 is 1.03 bits per heavy atom. The molecule has 0 atom stereocenters. The van der Waals surface area contributed by atoms with E-state index in [1.165, 1.54) is 7.11 Å². The van der Waals surface area contributed by atoms with E-state index in [-0.39, 0.29) is 5.69 Å². The maximum atomic E-state index is 13.2. The van der Waals surface area contributed by atoms with Gasteiger partial charge in [-0.05, 0) is 35.7 Å². The summed E-state index contributed by atoms with van der Waals surface area (Å²) in [4.78, 5) is 29.8. The number of carbonyl (C=O) groups excluding carboxylic acids is 1. The zero-order chi connectivity index (χ0) is 21.7. The Balaban J connectivity index is 1.76. The molecular weight excluding hydrogens is 394 g/mol.